The van der Waals surface area contributed by atoms with Gasteiger partial charge in [-0.2, -0.15) is 0 Å². The van der Waals surface area contributed by atoms with Crippen molar-refractivity contribution >= 4 is 5.84 Å². The van der Waals surface area contributed by atoms with Crippen LogP contribution in [0.2, 0.25) is 0 Å². The summed E-state index contributed by atoms with van der Waals surface area (Å²) in [5, 5.41) is 57.7. The van der Waals surface area contributed by atoms with Gasteiger partial charge in [-0.1, -0.05) is 0 Å². The highest BCUT2D eigenvalue weighted by atomic mass is 16.7. The fourth-order valence-electron chi connectivity index (χ4n) is 3.60. The first-order valence-corrected chi connectivity index (χ1v) is 8.59. The lowest BCUT2D eigenvalue weighted by Crippen LogP contribution is -2.66. The maximum absolute atomic E-state index is 10.4. The van der Waals surface area contributed by atoms with Gasteiger partial charge in [0.2, 0.25) is 0 Å². The van der Waals surface area contributed by atoms with E-state index in [0.717, 1.165) is 0 Å². The summed E-state index contributed by atoms with van der Waals surface area (Å²) in [4.78, 5) is 0. The van der Waals surface area contributed by atoms with Crippen LogP contribution in [0.3, 0.4) is 0 Å². The number of hydrogen-bond donors (Lipinski definition) is 9. The molecule has 0 amide bonds. The van der Waals surface area contributed by atoms with Crippen molar-refractivity contribution < 1.29 is 35.0 Å². The van der Waals surface area contributed by atoms with Crippen molar-refractivity contribution in [3.8, 4) is 0 Å². The molecule has 0 bridgehead atoms. The first kappa shape index (κ1) is 21.4. The fraction of sp³-hybridized carbons (Fsp3) is 0.933. The van der Waals surface area contributed by atoms with Crippen molar-refractivity contribution in [2.45, 2.75) is 80.9 Å². The number of amidine groups is 1. The molecule has 0 radical (unpaired) electrons. The number of aliphatic hydroxyl groups is 5. The van der Waals surface area contributed by atoms with Crippen LogP contribution in [-0.4, -0.2) is 92.5 Å². The molecule has 152 valence electrons. The zero-order chi connectivity index (χ0) is 19.8. The van der Waals surface area contributed by atoms with Crippen molar-refractivity contribution in [1.29, 1.82) is 5.41 Å². The van der Waals surface area contributed by atoms with Gasteiger partial charge in [0.15, 0.2) is 6.29 Å². The van der Waals surface area contributed by atoms with E-state index >= 15 is 0 Å². The molecule has 0 spiro atoms. The summed E-state index contributed by atoms with van der Waals surface area (Å²) in [5.41, 5.74) is 17.2. The second-order valence-electron chi connectivity index (χ2n) is 7.24. The first-order valence-electron chi connectivity index (χ1n) is 8.59. The van der Waals surface area contributed by atoms with E-state index in [1.54, 1.807) is 0 Å². The van der Waals surface area contributed by atoms with Gasteiger partial charge in [-0.05, 0) is 19.3 Å². The van der Waals surface area contributed by atoms with Crippen LogP contribution in [0, 0.1) is 11.3 Å². The van der Waals surface area contributed by atoms with Crippen LogP contribution in [0.4, 0.5) is 0 Å². The SMILES string of the molecule is C[C@@H](O)C1O[C@H](O[C@@H]2C(N)CC(CC(=N)N)[C@@H](O)C2O)[C@@H](N)C(O)[C@@H]1O. The van der Waals surface area contributed by atoms with E-state index in [9.17, 15) is 25.5 Å². The zero-order valence-electron chi connectivity index (χ0n) is 14.5. The Kier molecular flexibility index (Phi) is 6.93. The van der Waals surface area contributed by atoms with Crippen LogP contribution >= 0.6 is 0 Å². The number of nitrogens with two attached hydrogens (primary N) is 3. The van der Waals surface area contributed by atoms with Gasteiger partial charge in [0.25, 0.3) is 0 Å². The lowest BCUT2D eigenvalue weighted by atomic mass is 9.78. The summed E-state index contributed by atoms with van der Waals surface area (Å²) in [5.74, 6) is -0.613. The Labute approximate surface area is 151 Å². The molecule has 2 aliphatic rings. The van der Waals surface area contributed by atoms with Gasteiger partial charge < -0.3 is 52.2 Å². The monoisotopic (exact) mass is 378 g/mol. The molecule has 1 saturated heterocycles. The molecule has 1 aliphatic heterocycles. The van der Waals surface area contributed by atoms with Crippen molar-refractivity contribution in [2.75, 3.05) is 0 Å². The molecule has 0 aromatic carbocycles. The van der Waals surface area contributed by atoms with E-state index in [1.165, 1.54) is 6.92 Å². The molecule has 1 saturated carbocycles. The molecule has 11 atom stereocenters. The molecule has 11 heteroatoms. The van der Waals surface area contributed by atoms with Crippen molar-refractivity contribution in [3.63, 3.8) is 0 Å². The maximum Gasteiger partial charge on any atom is 0.176 e. The van der Waals surface area contributed by atoms with E-state index in [0.29, 0.717) is 0 Å². The van der Waals surface area contributed by atoms with Crippen LogP contribution in [-0.2, 0) is 9.47 Å². The predicted molar refractivity (Wildman–Crippen MR) is 89.8 cm³/mol. The van der Waals surface area contributed by atoms with Crippen LogP contribution in [0.5, 0.6) is 0 Å². The molecular formula is C15H30N4O7. The molecule has 2 rings (SSSR count). The van der Waals surface area contributed by atoms with Crippen LogP contribution in [0.1, 0.15) is 19.8 Å². The molecule has 1 heterocycles. The Balaban J connectivity index is 2.10. The number of rotatable bonds is 5. The third-order valence-electron chi connectivity index (χ3n) is 5.10. The topological polar surface area (TPSA) is 222 Å². The number of nitrogens with one attached hydrogen (secondary N) is 1. The second kappa shape index (κ2) is 8.42. The highest BCUT2D eigenvalue weighted by molar-refractivity contribution is 5.77. The van der Waals surface area contributed by atoms with Gasteiger partial charge in [-0.3, -0.25) is 5.41 Å². The molecule has 26 heavy (non-hydrogen) atoms. The Bertz CT molecular complexity index is 497. The number of hydrogen-bond acceptors (Lipinski definition) is 10. The second-order valence-corrected chi connectivity index (χ2v) is 7.24. The van der Waals surface area contributed by atoms with Crippen molar-refractivity contribution in [1.82, 2.24) is 0 Å². The minimum atomic E-state index is -1.42. The van der Waals surface area contributed by atoms with Crippen molar-refractivity contribution in [3.05, 3.63) is 0 Å². The largest absolute Gasteiger partial charge is 0.391 e. The highest BCUT2D eigenvalue weighted by Crippen LogP contribution is 2.32. The van der Waals surface area contributed by atoms with Crippen LogP contribution < -0.4 is 17.2 Å². The fourth-order valence-corrected chi connectivity index (χ4v) is 3.60. The number of aliphatic hydroxyl groups excluding tert-OH is 5. The molecule has 5 unspecified atom stereocenters. The van der Waals surface area contributed by atoms with E-state index in [-0.39, 0.29) is 18.7 Å². The Morgan fingerprint density at radius 1 is 1.15 bits per heavy atom. The molecule has 0 aromatic heterocycles. The molecule has 0 aromatic rings. The lowest BCUT2D eigenvalue weighted by Gasteiger charge is -2.46. The van der Waals surface area contributed by atoms with Crippen LogP contribution in [0.15, 0.2) is 0 Å². The van der Waals surface area contributed by atoms with E-state index < -0.39 is 67.0 Å². The van der Waals surface area contributed by atoms with E-state index in [4.69, 9.17) is 32.1 Å². The van der Waals surface area contributed by atoms with Gasteiger partial charge in [0.05, 0.1) is 24.1 Å². The minimum absolute atomic E-state index is 0.0904. The molecule has 1 aliphatic carbocycles. The van der Waals surface area contributed by atoms with Gasteiger partial charge in [-0.15, -0.1) is 0 Å². The van der Waals surface area contributed by atoms with Crippen molar-refractivity contribution in [2.24, 2.45) is 23.1 Å². The van der Waals surface area contributed by atoms with E-state index in [1.807, 2.05) is 0 Å². The molecular weight excluding hydrogens is 348 g/mol. The van der Waals surface area contributed by atoms with Gasteiger partial charge in [-0.25, -0.2) is 0 Å². The summed E-state index contributed by atoms with van der Waals surface area (Å²) in [7, 11) is 0. The van der Waals surface area contributed by atoms with E-state index in [2.05, 4.69) is 0 Å². The average Bonchev–Trinajstić information content (AvgIpc) is 2.55. The van der Waals surface area contributed by atoms with Gasteiger partial charge in [0.1, 0.15) is 30.5 Å². The third-order valence-corrected chi connectivity index (χ3v) is 5.10. The summed E-state index contributed by atoms with van der Waals surface area (Å²) in [6.45, 7) is 1.38. The molecule has 11 nitrogen and oxygen atoms in total. The minimum Gasteiger partial charge on any atom is -0.391 e. The summed E-state index contributed by atoms with van der Waals surface area (Å²) >= 11 is 0. The standard InChI is InChI=1S/C15H30N4O7/c1-4(20)13-12(24)10(22)8(19)15(25-13)26-14-6(16)2-5(3-7(17)18)9(21)11(14)23/h4-6,8-15,20-24H,2-3,16,19H2,1H3,(H3,17,18)/t4-,5?,6?,8+,9-,10?,11?,12+,13?,14-,15-/m1/s1. The van der Waals surface area contributed by atoms with Crippen LogP contribution in [0.25, 0.3) is 0 Å². The summed E-state index contributed by atoms with van der Waals surface area (Å²) < 4.78 is 11.1. The zero-order valence-corrected chi connectivity index (χ0v) is 14.5. The lowest BCUT2D eigenvalue weighted by molar-refractivity contribution is -0.302. The highest BCUT2D eigenvalue weighted by Gasteiger charge is 2.49. The third kappa shape index (κ3) is 4.32. The predicted octanol–water partition coefficient (Wildman–Crippen LogP) is -4.08. The molecule has 12 N–H and O–H groups in total. The first-order chi connectivity index (χ1) is 12.0. The maximum atomic E-state index is 10.4. The smallest absolute Gasteiger partial charge is 0.176 e. The van der Waals surface area contributed by atoms with Gasteiger partial charge in [0, 0.05) is 12.5 Å². The summed E-state index contributed by atoms with van der Waals surface area (Å²) in [6.07, 6.45) is -9.63. The van der Waals surface area contributed by atoms with Gasteiger partial charge >= 0.3 is 0 Å². The quantitative estimate of drug-likeness (QED) is 0.166. The Morgan fingerprint density at radius 2 is 1.77 bits per heavy atom. The summed E-state index contributed by atoms with van der Waals surface area (Å²) in [6, 6.07) is -1.85. The normalized spacial score (nSPS) is 48.2. The number of ether oxygens (including phenoxy) is 2. The molecule has 2 fully saturated rings. The Morgan fingerprint density at radius 3 is 2.31 bits per heavy atom. The Hall–Kier alpha value is -0.890. The average molecular weight is 378 g/mol.